The molecule has 3 heterocycles. The minimum absolute atomic E-state index is 0.204. The number of hydrogen-bond donors (Lipinski definition) is 2. The molecular weight excluding hydrogens is 368 g/mol. The van der Waals surface area contributed by atoms with E-state index < -0.39 is 0 Å². The van der Waals surface area contributed by atoms with Gasteiger partial charge in [-0.3, -0.25) is 4.99 Å². The molecule has 1 unspecified atom stereocenters. The highest BCUT2D eigenvalue weighted by Crippen LogP contribution is 2.22. The smallest absolute Gasteiger partial charge is 0.191 e. The van der Waals surface area contributed by atoms with E-state index in [1.54, 1.807) is 7.05 Å². The summed E-state index contributed by atoms with van der Waals surface area (Å²) in [4.78, 5) is 4.33. The van der Waals surface area contributed by atoms with Crippen LogP contribution in [0.25, 0.3) is 0 Å². The molecule has 0 saturated carbocycles. The molecule has 8 nitrogen and oxygen atoms in total. The summed E-state index contributed by atoms with van der Waals surface area (Å²) in [6.07, 6.45) is 4.56. The third kappa shape index (κ3) is 4.87. The molecule has 4 rings (SSSR count). The highest BCUT2D eigenvalue weighted by Gasteiger charge is 2.18. The first-order valence-corrected chi connectivity index (χ1v) is 10.4. The monoisotopic (exact) mass is 398 g/mol. The molecule has 8 heteroatoms. The van der Waals surface area contributed by atoms with Crippen molar-refractivity contribution in [1.82, 2.24) is 25.4 Å². The van der Waals surface area contributed by atoms with Crippen LogP contribution < -0.4 is 15.4 Å². The minimum Gasteiger partial charge on any atom is -0.491 e. The van der Waals surface area contributed by atoms with Gasteiger partial charge in [0.05, 0.1) is 12.6 Å². The SMILES string of the molecule is CN=C(NCc1ccc(C)cc1OCC1CCCO1)NCc1nnc2n1CCC2. The predicted molar refractivity (Wildman–Crippen MR) is 111 cm³/mol. The van der Waals surface area contributed by atoms with Crippen molar-refractivity contribution >= 4 is 5.96 Å². The zero-order chi connectivity index (χ0) is 20.1. The van der Waals surface area contributed by atoms with Gasteiger partial charge in [-0.15, -0.1) is 10.2 Å². The lowest BCUT2D eigenvalue weighted by molar-refractivity contribution is 0.0676. The molecule has 0 amide bonds. The summed E-state index contributed by atoms with van der Waals surface area (Å²) in [5.74, 6) is 3.67. The third-order valence-corrected chi connectivity index (χ3v) is 5.44. The fourth-order valence-corrected chi connectivity index (χ4v) is 3.80. The Labute approximate surface area is 171 Å². The van der Waals surface area contributed by atoms with Crippen molar-refractivity contribution in [3.8, 4) is 5.75 Å². The maximum atomic E-state index is 6.09. The van der Waals surface area contributed by atoms with Gasteiger partial charge in [0, 0.05) is 38.7 Å². The Balaban J connectivity index is 1.32. The Morgan fingerprint density at radius 2 is 2.17 bits per heavy atom. The topological polar surface area (TPSA) is 85.6 Å². The average Bonchev–Trinajstić information content (AvgIpc) is 3.47. The number of fused-ring (bicyclic) bond motifs is 1. The van der Waals surface area contributed by atoms with Crippen molar-refractivity contribution in [3.63, 3.8) is 0 Å². The number of aliphatic imine (C=N–C) groups is 1. The van der Waals surface area contributed by atoms with Gasteiger partial charge in [-0.2, -0.15) is 0 Å². The zero-order valence-electron chi connectivity index (χ0n) is 17.3. The van der Waals surface area contributed by atoms with E-state index in [9.17, 15) is 0 Å². The van der Waals surface area contributed by atoms with E-state index in [1.807, 2.05) is 0 Å². The zero-order valence-corrected chi connectivity index (χ0v) is 17.3. The average molecular weight is 399 g/mol. The number of guanidine groups is 1. The number of nitrogens with zero attached hydrogens (tertiary/aromatic N) is 4. The van der Waals surface area contributed by atoms with E-state index in [-0.39, 0.29) is 6.10 Å². The second-order valence-electron chi connectivity index (χ2n) is 7.62. The molecular formula is C21H30N6O2. The molecule has 29 heavy (non-hydrogen) atoms. The first kappa shape index (κ1) is 19.7. The number of nitrogens with one attached hydrogen (secondary N) is 2. The second-order valence-corrected chi connectivity index (χ2v) is 7.62. The Morgan fingerprint density at radius 1 is 1.28 bits per heavy atom. The third-order valence-electron chi connectivity index (χ3n) is 5.44. The van der Waals surface area contributed by atoms with Crippen LogP contribution in [0.5, 0.6) is 5.75 Å². The summed E-state index contributed by atoms with van der Waals surface area (Å²) < 4.78 is 14.0. The maximum Gasteiger partial charge on any atom is 0.191 e. The lowest BCUT2D eigenvalue weighted by Crippen LogP contribution is -2.37. The first-order chi connectivity index (χ1) is 14.2. The molecule has 2 aromatic rings. The van der Waals surface area contributed by atoms with Crippen LogP contribution in [0.4, 0.5) is 0 Å². The van der Waals surface area contributed by atoms with Gasteiger partial charge in [0.1, 0.15) is 18.2 Å². The summed E-state index contributed by atoms with van der Waals surface area (Å²) in [6.45, 7) is 5.74. The Morgan fingerprint density at radius 3 is 3.00 bits per heavy atom. The van der Waals surface area contributed by atoms with E-state index in [2.05, 4.69) is 55.5 Å². The van der Waals surface area contributed by atoms with Crippen LogP contribution in [0.1, 0.15) is 42.0 Å². The fourth-order valence-electron chi connectivity index (χ4n) is 3.80. The Kier molecular flexibility index (Phi) is 6.29. The molecule has 2 aliphatic heterocycles. The van der Waals surface area contributed by atoms with Gasteiger partial charge in [0.2, 0.25) is 0 Å². The summed E-state index contributed by atoms with van der Waals surface area (Å²) in [5, 5.41) is 15.2. The number of aryl methyl sites for hydroxylation is 2. The molecule has 1 fully saturated rings. The molecule has 0 bridgehead atoms. The minimum atomic E-state index is 0.204. The van der Waals surface area contributed by atoms with Crippen molar-refractivity contribution in [2.75, 3.05) is 20.3 Å². The van der Waals surface area contributed by atoms with Gasteiger partial charge in [-0.05, 0) is 37.8 Å². The number of benzene rings is 1. The molecule has 0 spiro atoms. The van der Waals surface area contributed by atoms with E-state index in [0.717, 1.165) is 67.8 Å². The Hall–Kier alpha value is -2.61. The van der Waals surface area contributed by atoms with Gasteiger partial charge in [-0.1, -0.05) is 12.1 Å². The number of rotatable bonds is 7. The van der Waals surface area contributed by atoms with E-state index in [1.165, 1.54) is 5.56 Å². The molecule has 1 aromatic heterocycles. The van der Waals surface area contributed by atoms with E-state index >= 15 is 0 Å². The molecule has 2 N–H and O–H groups in total. The predicted octanol–water partition coefficient (Wildman–Crippen LogP) is 1.96. The molecule has 1 aromatic carbocycles. The van der Waals surface area contributed by atoms with E-state index in [4.69, 9.17) is 9.47 Å². The summed E-state index contributed by atoms with van der Waals surface area (Å²) in [6, 6.07) is 6.29. The van der Waals surface area contributed by atoms with Crippen molar-refractivity contribution in [2.45, 2.75) is 58.3 Å². The molecule has 156 valence electrons. The van der Waals surface area contributed by atoms with Crippen LogP contribution in [0.3, 0.4) is 0 Å². The summed E-state index contributed by atoms with van der Waals surface area (Å²) in [5.41, 5.74) is 2.28. The molecule has 1 atom stereocenters. The quantitative estimate of drug-likeness (QED) is 0.548. The molecule has 1 saturated heterocycles. The first-order valence-electron chi connectivity index (χ1n) is 10.4. The maximum absolute atomic E-state index is 6.09. The van der Waals surface area contributed by atoms with Crippen molar-refractivity contribution in [1.29, 1.82) is 0 Å². The molecule has 0 radical (unpaired) electrons. The molecule has 0 aliphatic carbocycles. The van der Waals surface area contributed by atoms with Gasteiger partial charge < -0.3 is 24.7 Å². The van der Waals surface area contributed by atoms with Crippen molar-refractivity contribution < 1.29 is 9.47 Å². The normalized spacial score (nSPS) is 18.7. The van der Waals surface area contributed by atoms with Gasteiger partial charge in [0.25, 0.3) is 0 Å². The Bertz CT molecular complexity index is 857. The lowest BCUT2D eigenvalue weighted by Gasteiger charge is -2.17. The van der Waals surface area contributed by atoms with Gasteiger partial charge >= 0.3 is 0 Å². The van der Waals surface area contributed by atoms with Gasteiger partial charge in [-0.25, -0.2) is 0 Å². The fraction of sp³-hybridized carbons (Fsp3) is 0.571. The highest BCUT2D eigenvalue weighted by atomic mass is 16.5. The van der Waals surface area contributed by atoms with Crippen LogP contribution in [-0.2, 0) is 30.8 Å². The van der Waals surface area contributed by atoms with Gasteiger partial charge in [0.15, 0.2) is 11.8 Å². The highest BCUT2D eigenvalue weighted by molar-refractivity contribution is 5.79. The number of ether oxygens (including phenoxy) is 2. The van der Waals surface area contributed by atoms with Crippen LogP contribution >= 0.6 is 0 Å². The number of hydrogen-bond acceptors (Lipinski definition) is 5. The summed E-state index contributed by atoms with van der Waals surface area (Å²) >= 11 is 0. The van der Waals surface area contributed by atoms with E-state index in [0.29, 0.717) is 19.7 Å². The summed E-state index contributed by atoms with van der Waals surface area (Å²) in [7, 11) is 1.77. The van der Waals surface area contributed by atoms with Crippen molar-refractivity contribution in [3.05, 3.63) is 41.0 Å². The lowest BCUT2D eigenvalue weighted by atomic mass is 10.1. The van der Waals surface area contributed by atoms with Crippen LogP contribution in [-0.4, -0.2) is 47.1 Å². The van der Waals surface area contributed by atoms with Crippen LogP contribution in [0.2, 0.25) is 0 Å². The van der Waals surface area contributed by atoms with Crippen LogP contribution in [0.15, 0.2) is 23.2 Å². The number of aromatic nitrogens is 3. The second kappa shape index (κ2) is 9.26. The largest absolute Gasteiger partial charge is 0.491 e. The van der Waals surface area contributed by atoms with Crippen molar-refractivity contribution in [2.24, 2.45) is 4.99 Å². The molecule has 2 aliphatic rings. The standard InChI is InChI=1S/C21H30N6O2/c1-15-7-8-16(18(11-15)29-14-17-5-4-10-28-17)12-23-21(22-2)24-13-20-26-25-19-6-3-9-27(19)20/h7-8,11,17H,3-6,9-10,12-14H2,1-2H3,(H2,22,23,24). The van der Waals surface area contributed by atoms with Crippen LogP contribution in [0, 0.1) is 6.92 Å².